The highest BCUT2D eigenvalue weighted by Gasteiger charge is 2.23. The number of nitrogens with zero attached hydrogens (tertiary/aromatic N) is 1. The quantitative estimate of drug-likeness (QED) is 0.875. The number of rotatable bonds is 4. The highest BCUT2D eigenvalue weighted by Crippen LogP contribution is 2.31. The molecular weight excluding hydrogens is 332 g/mol. The second-order valence-electron chi connectivity index (χ2n) is 5.93. The lowest BCUT2D eigenvalue weighted by atomic mass is 9.91. The van der Waals surface area contributed by atoms with Crippen LogP contribution in [0.5, 0.6) is 0 Å². The van der Waals surface area contributed by atoms with Crippen molar-refractivity contribution in [1.82, 2.24) is 10.3 Å². The topological polar surface area (TPSA) is 24.9 Å². The molecule has 108 valence electrons. The Bertz CT molecular complexity index is 584. The molecule has 1 N–H and O–H groups in total. The van der Waals surface area contributed by atoms with E-state index in [1.54, 1.807) is 0 Å². The Labute approximate surface area is 133 Å². The minimum atomic E-state index is 0.0921. The van der Waals surface area contributed by atoms with Crippen LogP contribution in [0, 0.1) is 0 Å². The summed E-state index contributed by atoms with van der Waals surface area (Å²) in [5.74, 6) is 0. The summed E-state index contributed by atoms with van der Waals surface area (Å²) in [7, 11) is 1.99. The van der Waals surface area contributed by atoms with Crippen LogP contribution in [0.1, 0.15) is 41.9 Å². The van der Waals surface area contributed by atoms with Crippen molar-refractivity contribution in [3.8, 4) is 0 Å². The van der Waals surface area contributed by atoms with Crippen molar-refractivity contribution in [2.75, 3.05) is 7.05 Å². The molecule has 2 aromatic rings. The monoisotopic (exact) mass is 352 g/mol. The van der Waals surface area contributed by atoms with Gasteiger partial charge in [0.2, 0.25) is 0 Å². The second kappa shape index (κ2) is 6.37. The van der Waals surface area contributed by atoms with Crippen LogP contribution in [-0.2, 0) is 18.4 Å². The van der Waals surface area contributed by atoms with E-state index in [-0.39, 0.29) is 5.41 Å². The highest BCUT2D eigenvalue weighted by molar-refractivity contribution is 9.10. The lowest BCUT2D eigenvalue weighted by molar-refractivity contribution is 0.561. The number of aromatic nitrogens is 1. The molecule has 4 heteroatoms. The first-order valence-electron chi connectivity index (χ1n) is 6.79. The number of hydrogen-bond donors (Lipinski definition) is 1. The van der Waals surface area contributed by atoms with E-state index in [1.165, 1.54) is 21.1 Å². The van der Waals surface area contributed by atoms with Crippen molar-refractivity contribution < 1.29 is 0 Å². The molecule has 0 atom stereocenters. The van der Waals surface area contributed by atoms with Crippen LogP contribution in [0.2, 0.25) is 0 Å². The maximum atomic E-state index is 4.89. The number of hydrogen-bond acceptors (Lipinski definition) is 3. The van der Waals surface area contributed by atoms with Gasteiger partial charge >= 0.3 is 0 Å². The van der Waals surface area contributed by atoms with Gasteiger partial charge in [0.05, 0.1) is 10.7 Å². The zero-order valence-electron chi connectivity index (χ0n) is 12.5. The van der Waals surface area contributed by atoms with Gasteiger partial charge in [0.1, 0.15) is 0 Å². The van der Waals surface area contributed by atoms with Gasteiger partial charge in [0.15, 0.2) is 0 Å². The van der Waals surface area contributed by atoms with Gasteiger partial charge in [-0.25, -0.2) is 4.98 Å². The summed E-state index contributed by atoms with van der Waals surface area (Å²) >= 11 is 5.43. The first-order valence-corrected chi connectivity index (χ1v) is 8.40. The zero-order chi connectivity index (χ0) is 14.8. The normalized spacial score (nSPS) is 11.8. The van der Waals surface area contributed by atoms with E-state index < -0.39 is 0 Å². The van der Waals surface area contributed by atoms with E-state index >= 15 is 0 Å². The van der Waals surface area contributed by atoms with Gasteiger partial charge in [-0.15, -0.1) is 11.3 Å². The van der Waals surface area contributed by atoms with E-state index in [2.05, 4.69) is 60.2 Å². The Kier molecular flexibility index (Phi) is 4.99. The van der Waals surface area contributed by atoms with Gasteiger partial charge in [0, 0.05) is 27.7 Å². The largest absolute Gasteiger partial charge is 0.315 e. The highest BCUT2D eigenvalue weighted by atomic mass is 79.9. The lowest BCUT2D eigenvalue weighted by Crippen LogP contribution is -2.16. The van der Waals surface area contributed by atoms with E-state index in [1.807, 2.05) is 24.5 Å². The smallest absolute Gasteiger partial charge is 0.0976 e. The molecule has 0 aliphatic carbocycles. The third kappa shape index (κ3) is 3.68. The third-order valence-corrected chi connectivity index (χ3v) is 4.92. The van der Waals surface area contributed by atoms with E-state index in [0.717, 1.165) is 17.4 Å². The van der Waals surface area contributed by atoms with Crippen LogP contribution in [-0.4, -0.2) is 12.0 Å². The van der Waals surface area contributed by atoms with Crippen LogP contribution in [0.25, 0.3) is 0 Å². The molecule has 20 heavy (non-hydrogen) atoms. The SMILES string of the molecule is CNCc1sc(Cc2ccccc2Br)nc1C(C)(C)C. The Morgan fingerprint density at radius 1 is 1.25 bits per heavy atom. The first kappa shape index (κ1) is 15.7. The minimum absolute atomic E-state index is 0.0921. The molecule has 1 aromatic heterocycles. The molecule has 0 spiro atoms. The van der Waals surface area contributed by atoms with E-state index in [0.29, 0.717) is 0 Å². The number of halogens is 1. The molecule has 0 bridgehead atoms. The molecule has 0 radical (unpaired) electrons. The summed E-state index contributed by atoms with van der Waals surface area (Å²) in [6.45, 7) is 7.57. The average Bonchev–Trinajstić information content (AvgIpc) is 2.76. The molecule has 0 amide bonds. The van der Waals surface area contributed by atoms with Crippen molar-refractivity contribution in [2.45, 2.75) is 39.2 Å². The molecular formula is C16H21BrN2S. The summed E-state index contributed by atoms with van der Waals surface area (Å²) in [6.07, 6.45) is 0.888. The maximum Gasteiger partial charge on any atom is 0.0976 e. The van der Waals surface area contributed by atoms with Crippen LogP contribution >= 0.6 is 27.3 Å². The van der Waals surface area contributed by atoms with E-state index in [9.17, 15) is 0 Å². The molecule has 0 saturated heterocycles. The predicted molar refractivity (Wildman–Crippen MR) is 90.5 cm³/mol. The van der Waals surface area contributed by atoms with Crippen molar-refractivity contribution in [3.63, 3.8) is 0 Å². The predicted octanol–water partition coefficient (Wildman–Crippen LogP) is 4.51. The molecule has 2 rings (SSSR count). The fraction of sp³-hybridized carbons (Fsp3) is 0.438. The minimum Gasteiger partial charge on any atom is -0.315 e. The summed E-state index contributed by atoms with van der Waals surface area (Å²) in [6, 6.07) is 8.36. The van der Waals surface area contributed by atoms with Crippen LogP contribution in [0.4, 0.5) is 0 Å². The van der Waals surface area contributed by atoms with Gasteiger partial charge in [-0.05, 0) is 18.7 Å². The summed E-state index contributed by atoms with van der Waals surface area (Å²) in [5.41, 5.74) is 2.60. The number of thiazole rings is 1. The molecule has 1 heterocycles. The third-order valence-electron chi connectivity index (χ3n) is 3.09. The van der Waals surface area contributed by atoms with Crippen LogP contribution in [0.3, 0.4) is 0 Å². The average molecular weight is 353 g/mol. The molecule has 0 aliphatic rings. The standard InChI is InChI=1S/C16H21BrN2S/c1-16(2,3)15-13(10-18-4)20-14(19-15)9-11-7-5-6-8-12(11)17/h5-8,18H,9-10H2,1-4H3. The Hall–Kier alpha value is -0.710. The van der Waals surface area contributed by atoms with Crippen molar-refractivity contribution in [1.29, 1.82) is 0 Å². The zero-order valence-corrected chi connectivity index (χ0v) is 14.9. The van der Waals surface area contributed by atoms with Gasteiger partial charge in [-0.3, -0.25) is 0 Å². The van der Waals surface area contributed by atoms with Crippen molar-refractivity contribution in [3.05, 3.63) is 49.9 Å². The number of nitrogens with one attached hydrogen (secondary N) is 1. The fourth-order valence-electron chi connectivity index (χ4n) is 2.15. The maximum absolute atomic E-state index is 4.89. The Balaban J connectivity index is 2.32. The summed E-state index contributed by atoms with van der Waals surface area (Å²) < 4.78 is 1.16. The van der Waals surface area contributed by atoms with Gasteiger partial charge < -0.3 is 5.32 Å². The van der Waals surface area contributed by atoms with E-state index in [4.69, 9.17) is 4.98 Å². The lowest BCUT2D eigenvalue weighted by Gasteiger charge is -2.17. The van der Waals surface area contributed by atoms with Gasteiger partial charge in [-0.2, -0.15) is 0 Å². The van der Waals surface area contributed by atoms with Crippen LogP contribution < -0.4 is 5.32 Å². The van der Waals surface area contributed by atoms with Gasteiger partial charge in [0.25, 0.3) is 0 Å². The Morgan fingerprint density at radius 3 is 2.55 bits per heavy atom. The van der Waals surface area contributed by atoms with Crippen molar-refractivity contribution >= 4 is 27.3 Å². The molecule has 1 aromatic carbocycles. The molecule has 0 aliphatic heterocycles. The van der Waals surface area contributed by atoms with Gasteiger partial charge in [-0.1, -0.05) is 54.9 Å². The molecule has 0 fully saturated rings. The first-order chi connectivity index (χ1) is 9.41. The van der Waals surface area contributed by atoms with Crippen LogP contribution in [0.15, 0.2) is 28.7 Å². The summed E-state index contributed by atoms with van der Waals surface area (Å²) in [4.78, 5) is 6.24. The summed E-state index contributed by atoms with van der Waals surface area (Å²) in [5, 5.41) is 4.43. The van der Waals surface area contributed by atoms with Crippen molar-refractivity contribution in [2.24, 2.45) is 0 Å². The molecule has 2 nitrogen and oxygen atoms in total. The molecule has 0 unspecified atom stereocenters. The fourth-order valence-corrected chi connectivity index (χ4v) is 3.89. The Morgan fingerprint density at radius 2 is 1.95 bits per heavy atom. The number of benzene rings is 1. The second-order valence-corrected chi connectivity index (χ2v) is 7.95. The molecule has 0 saturated carbocycles.